The number of nitrogens with zero attached hydrogens (tertiary/aromatic N) is 2. The van der Waals surface area contributed by atoms with Gasteiger partial charge in [0.05, 0.1) is 13.2 Å². The summed E-state index contributed by atoms with van der Waals surface area (Å²) in [6.45, 7) is 4.77. The standard InChI is InChI=1S/C9H18N2O3/c1-3-4-10(2)11-5-6-14-8(7-11)9(12)13/h8H,3-7H2,1-2H3,(H,12,13). The van der Waals surface area contributed by atoms with Crippen molar-refractivity contribution < 1.29 is 14.6 Å². The lowest BCUT2D eigenvalue weighted by Crippen LogP contribution is -2.52. The van der Waals surface area contributed by atoms with Crippen molar-refractivity contribution in [3.63, 3.8) is 0 Å². The van der Waals surface area contributed by atoms with Crippen LogP contribution in [0.2, 0.25) is 0 Å². The molecule has 1 aliphatic rings. The van der Waals surface area contributed by atoms with Crippen molar-refractivity contribution in [3.05, 3.63) is 0 Å². The topological polar surface area (TPSA) is 53.0 Å². The van der Waals surface area contributed by atoms with Gasteiger partial charge >= 0.3 is 5.97 Å². The lowest BCUT2D eigenvalue weighted by Gasteiger charge is -2.37. The van der Waals surface area contributed by atoms with E-state index in [2.05, 4.69) is 11.9 Å². The van der Waals surface area contributed by atoms with Gasteiger partial charge in [-0.25, -0.2) is 14.8 Å². The fraction of sp³-hybridized carbons (Fsp3) is 0.889. The van der Waals surface area contributed by atoms with E-state index in [1.807, 2.05) is 12.1 Å². The number of rotatable bonds is 4. The van der Waals surface area contributed by atoms with Crippen molar-refractivity contribution in [1.29, 1.82) is 0 Å². The summed E-state index contributed by atoms with van der Waals surface area (Å²) in [6, 6.07) is 0. The summed E-state index contributed by atoms with van der Waals surface area (Å²) in [6.07, 6.45) is 0.383. The van der Waals surface area contributed by atoms with Crippen LogP contribution in [0.4, 0.5) is 0 Å². The van der Waals surface area contributed by atoms with Gasteiger partial charge in [-0.05, 0) is 6.42 Å². The highest BCUT2D eigenvalue weighted by atomic mass is 16.5. The summed E-state index contributed by atoms with van der Waals surface area (Å²) in [5.74, 6) is -0.875. The van der Waals surface area contributed by atoms with Crippen molar-refractivity contribution in [2.45, 2.75) is 19.4 Å². The first-order chi connectivity index (χ1) is 6.65. The van der Waals surface area contributed by atoms with E-state index in [4.69, 9.17) is 9.84 Å². The summed E-state index contributed by atoms with van der Waals surface area (Å²) in [5.41, 5.74) is 0. The predicted octanol–water partition coefficient (Wildman–Crippen LogP) is 0.0286. The number of aliphatic carboxylic acids is 1. The number of morpholine rings is 1. The molecule has 1 heterocycles. The summed E-state index contributed by atoms with van der Waals surface area (Å²) in [7, 11) is 1.98. The van der Waals surface area contributed by atoms with Gasteiger partial charge < -0.3 is 9.84 Å². The molecule has 82 valence electrons. The molecule has 14 heavy (non-hydrogen) atoms. The van der Waals surface area contributed by atoms with Crippen LogP contribution in [0, 0.1) is 0 Å². The van der Waals surface area contributed by atoms with Gasteiger partial charge in [-0.1, -0.05) is 6.92 Å². The maximum atomic E-state index is 10.7. The minimum atomic E-state index is -0.875. The molecule has 5 nitrogen and oxygen atoms in total. The molecule has 0 aliphatic carbocycles. The van der Waals surface area contributed by atoms with Gasteiger partial charge in [0.1, 0.15) is 0 Å². The molecule has 1 atom stereocenters. The van der Waals surface area contributed by atoms with E-state index in [1.54, 1.807) is 0 Å². The van der Waals surface area contributed by atoms with E-state index in [9.17, 15) is 4.79 Å². The average Bonchev–Trinajstić information content (AvgIpc) is 2.18. The van der Waals surface area contributed by atoms with E-state index >= 15 is 0 Å². The number of hydrogen-bond donors (Lipinski definition) is 1. The second-order valence-electron chi connectivity index (χ2n) is 3.49. The first kappa shape index (κ1) is 11.4. The molecular formula is C9H18N2O3. The highest BCUT2D eigenvalue weighted by Crippen LogP contribution is 2.07. The quantitative estimate of drug-likeness (QED) is 0.697. The Balaban J connectivity index is 2.43. The molecule has 1 N–H and O–H groups in total. The Labute approximate surface area is 84.2 Å². The average molecular weight is 202 g/mol. The summed E-state index contributed by atoms with van der Waals surface area (Å²) >= 11 is 0. The molecule has 0 saturated carbocycles. The predicted molar refractivity (Wildman–Crippen MR) is 51.9 cm³/mol. The third-order valence-corrected chi connectivity index (χ3v) is 2.35. The minimum absolute atomic E-state index is 0.450. The number of hydrogen-bond acceptors (Lipinski definition) is 4. The van der Waals surface area contributed by atoms with Crippen LogP contribution in [0.15, 0.2) is 0 Å². The van der Waals surface area contributed by atoms with Gasteiger partial charge in [0, 0.05) is 20.1 Å². The molecule has 1 saturated heterocycles. The second-order valence-corrected chi connectivity index (χ2v) is 3.49. The zero-order valence-electron chi connectivity index (χ0n) is 8.77. The Hall–Kier alpha value is -0.650. The molecule has 0 spiro atoms. The molecule has 1 unspecified atom stereocenters. The number of ether oxygens (including phenoxy) is 1. The van der Waals surface area contributed by atoms with Crippen LogP contribution in [0.25, 0.3) is 0 Å². The molecule has 1 fully saturated rings. The van der Waals surface area contributed by atoms with Crippen molar-refractivity contribution in [1.82, 2.24) is 10.0 Å². The Kier molecular flexibility index (Phi) is 4.31. The highest BCUT2D eigenvalue weighted by Gasteiger charge is 2.27. The Bertz CT molecular complexity index is 198. The van der Waals surface area contributed by atoms with E-state index in [-0.39, 0.29) is 0 Å². The van der Waals surface area contributed by atoms with Gasteiger partial charge in [-0.15, -0.1) is 0 Å². The molecule has 1 rings (SSSR count). The number of carboxylic acids is 1. The summed E-state index contributed by atoms with van der Waals surface area (Å²) in [5, 5.41) is 12.9. The van der Waals surface area contributed by atoms with Crippen LogP contribution in [-0.4, -0.2) is 60.5 Å². The SMILES string of the molecule is CCCN(C)N1CCOC(C(=O)O)C1. The molecule has 0 amide bonds. The van der Waals surface area contributed by atoms with Crippen molar-refractivity contribution in [2.24, 2.45) is 0 Å². The monoisotopic (exact) mass is 202 g/mol. The molecule has 0 aromatic carbocycles. The summed E-state index contributed by atoms with van der Waals surface area (Å²) in [4.78, 5) is 10.7. The first-order valence-electron chi connectivity index (χ1n) is 4.95. The maximum Gasteiger partial charge on any atom is 0.334 e. The first-order valence-corrected chi connectivity index (χ1v) is 4.95. The largest absolute Gasteiger partial charge is 0.479 e. The lowest BCUT2D eigenvalue weighted by molar-refractivity contribution is -0.166. The van der Waals surface area contributed by atoms with Gasteiger partial charge in [-0.2, -0.15) is 0 Å². The van der Waals surface area contributed by atoms with Crippen LogP contribution in [-0.2, 0) is 9.53 Å². The van der Waals surface area contributed by atoms with Crippen LogP contribution in [0.3, 0.4) is 0 Å². The molecule has 1 aliphatic heterocycles. The fourth-order valence-electron chi connectivity index (χ4n) is 1.56. The fourth-order valence-corrected chi connectivity index (χ4v) is 1.56. The van der Waals surface area contributed by atoms with Crippen LogP contribution >= 0.6 is 0 Å². The minimum Gasteiger partial charge on any atom is -0.479 e. The van der Waals surface area contributed by atoms with E-state index in [0.29, 0.717) is 13.2 Å². The molecular weight excluding hydrogens is 184 g/mol. The van der Waals surface area contributed by atoms with Gasteiger partial charge in [0.25, 0.3) is 0 Å². The normalized spacial score (nSPS) is 24.1. The third-order valence-electron chi connectivity index (χ3n) is 2.35. The Morgan fingerprint density at radius 2 is 2.43 bits per heavy atom. The number of carboxylic acid groups (broad SMARTS) is 1. The molecule has 0 aromatic rings. The zero-order valence-corrected chi connectivity index (χ0v) is 8.77. The Morgan fingerprint density at radius 3 is 3.00 bits per heavy atom. The van der Waals surface area contributed by atoms with Crippen molar-refractivity contribution in [2.75, 3.05) is 33.3 Å². The third kappa shape index (κ3) is 2.94. The smallest absolute Gasteiger partial charge is 0.334 e. The number of hydrazine groups is 1. The van der Waals surface area contributed by atoms with Crippen LogP contribution in [0.1, 0.15) is 13.3 Å². The second kappa shape index (κ2) is 5.29. The number of carbonyl (C=O) groups is 1. The van der Waals surface area contributed by atoms with Crippen molar-refractivity contribution in [3.8, 4) is 0 Å². The van der Waals surface area contributed by atoms with Gasteiger partial charge in [0.2, 0.25) is 0 Å². The molecule has 0 bridgehead atoms. The molecule has 0 aromatic heterocycles. The maximum absolute atomic E-state index is 10.7. The van der Waals surface area contributed by atoms with Crippen LogP contribution in [0.5, 0.6) is 0 Å². The lowest BCUT2D eigenvalue weighted by atomic mass is 10.3. The van der Waals surface area contributed by atoms with E-state index in [1.165, 1.54) is 0 Å². The van der Waals surface area contributed by atoms with Gasteiger partial charge in [-0.3, -0.25) is 0 Å². The zero-order chi connectivity index (χ0) is 10.6. The molecule has 0 radical (unpaired) electrons. The van der Waals surface area contributed by atoms with E-state index in [0.717, 1.165) is 19.5 Å². The molecule has 5 heteroatoms. The Morgan fingerprint density at radius 1 is 1.71 bits per heavy atom. The van der Waals surface area contributed by atoms with Crippen LogP contribution < -0.4 is 0 Å². The van der Waals surface area contributed by atoms with Gasteiger partial charge in [0.15, 0.2) is 6.10 Å². The van der Waals surface area contributed by atoms with E-state index < -0.39 is 12.1 Å². The van der Waals surface area contributed by atoms with Crippen molar-refractivity contribution >= 4 is 5.97 Å². The summed E-state index contributed by atoms with van der Waals surface area (Å²) < 4.78 is 5.13. The highest BCUT2D eigenvalue weighted by molar-refractivity contribution is 5.72.